The highest BCUT2D eigenvalue weighted by Crippen LogP contribution is 2.31. The molecular formula is C40H42I2N6O2. The van der Waals surface area contributed by atoms with Crippen LogP contribution >= 0.6 is 0 Å². The number of aromatic amines is 3. The third-order valence-corrected chi connectivity index (χ3v) is 8.47. The van der Waals surface area contributed by atoms with Gasteiger partial charge in [-0.2, -0.15) is 0 Å². The predicted octanol–water partition coefficient (Wildman–Crippen LogP) is -1.44. The van der Waals surface area contributed by atoms with Crippen LogP contribution in [-0.4, -0.2) is 89.4 Å². The highest BCUT2D eigenvalue weighted by atomic mass is 127. The molecule has 3 aromatic heterocycles. The van der Waals surface area contributed by atoms with Gasteiger partial charge in [-0.1, -0.05) is 12.1 Å². The van der Waals surface area contributed by atoms with Gasteiger partial charge in [0.2, 0.25) is 0 Å². The van der Waals surface area contributed by atoms with Crippen LogP contribution in [0.2, 0.25) is 0 Å². The van der Waals surface area contributed by atoms with E-state index in [1.807, 2.05) is 36.4 Å². The Bertz CT molecular complexity index is 2290. The minimum absolute atomic E-state index is 0. The maximum absolute atomic E-state index is 12.9. The molecule has 4 aromatic rings. The molecule has 0 radical (unpaired) electrons. The van der Waals surface area contributed by atoms with Crippen LogP contribution in [0.4, 0.5) is 0 Å². The molecule has 2 aliphatic heterocycles. The molecular weight excluding hydrogens is 850 g/mol. The number of ketones is 1. The Balaban J connectivity index is 0.00000243. The number of H-pyrrole nitrogens is 3. The first-order chi connectivity index (χ1) is 22.8. The van der Waals surface area contributed by atoms with Gasteiger partial charge in [-0.3, -0.25) is 4.79 Å². The lowest BCUT2D eigenvalue weighted by Gasteiger charge is -2.25. The maximum Gasteiger partial charge on any atom is 0.187 e. The van der Waals surface area contributed by atoms with Gasteiger partial charge in [0.1, 0.15) is 18.8 Å². The van der Waals surface area contributed by atoms with E-state index < -0.39 is 0 Å². The van der Waals surface area contributed by atoms with E-state index in [2.05, 4.69) is 106 Å². The molecule has 0 spiro atoms. The number of phenols is 1. The highest BCUT2D eigenvalue weighted by molar-refractivity contribution is 6.32. The number of phenolic OH excluding ortho intramolecular Hbond substituents is 1. The van der Waals surface area contributed by atoms with E-state index in [1.54, 1.807) is 12.1 Å². The number of fused-ring (bicyclic) bond motifs is 7. The van der Waals surface area contributed by atoms with Crippen molar-refractivity contribution >= 4 is 34.8 Å². The molecule has 0 saturated carbocycles. The number of quaternary nitrogens is 2. The molecule has 10 heteroatoms. The van der Waals surface area contributed by atoms with E-state index in [-0.39, 0.29) is 53.7 Å². The Morgan fingerprint density at radius 1 is 0.680 bits per heavy atom. The van der Waals surface area contributed by atoms with Gasteiger partial charge in [0.25, 0.3) is 0 Å². The number of aliphatic imine (C=N–C) groups is 1. The van der Waals surface area contributed by atoms with Gasteiger partial charge in [-0.15, -0.1) is 0 Å². The molecule has 0 saturated heterocycles. The summed E-state index contributed by atoms with van der Waals surface area (Å²) in [4.78, 5) is 28.8. The molecule has 1 aromatic carbocycles. The molecule has 1 aliphatic carbocycles. The van der Waals surface area contributed by atoms with Crippen LogP contribution in [0.3, 0.4) is 0 Å². The highest BCUT2D eigenvalue weighted by Gasteiger charge is 2.24. The van der Waals surface area contributed by atoms with Gasteiger partial charge in [0.05, 0.1) is 59.3 Å². The Hall–Kier alpha value is -3.98. The second-order valence-electron chi connectivity index (χ2n) is 14.8. The first-order valence-electron chi connectivity index (χ1n) is 16.2. The van der Waals surface area contributed by atoms with Gasteiger partial charge in [0, 0.05) is 50.2 Å². The van der Waals surface area contributed by atoms with Crippen LogP contribution in [0.5, 0.6) is 5.75 Å². The minimum Gasteiger partial charge on any atom is -1.00 e. The fraction of sp³-hybridized carbons (Fsp3) is 0.200. The summed E-state index contributed by atoms with van der Waals surface area (Å²) < 4.78 is 1.35. The summed E-state index contributed by atoms with van der Waals surface area (Å²) in [5.41, 5.74) is 10.9. The van der Waals surface area contributed by atoms with Crippen molar-refractivity contribution in [2.24, 2.45) is 4.99 Å². The van der Waals surface area contributed by atoms with Crippen LogP contribution in [0.25, 0.3) is 23.3 Å². The first-order valence-corrected chi connectivity index (χ1v) is 16.2. The van der Waals surface area contributed by atoms with Crippen molar-refractivity contribution in [3.05, 3.63) is 146 Å². The number of benzene rings is 1. The van der Waals surface area contributed by atoms with Gasteiger partial charge >= 0.3 is 0 Å². The lowest BCUT2D eigenvalue weighted by atomic mass is 9.92. The average Bonchev–Trinajstić information content (AvgIpc) is 3.81. The lowest BCUT2D eigenvalue weighted by Crippen LogP contribution is -3.00. The molecule has 5 heterocycles. The zero-order valence-electron chi connectivity index (χ0n) is 29.1. The first kappa shape index (κ1) is 37.3. The van der Waals surface area contributed by atoms with Crippen LogP contribution in [0.15, 0.2) is 107 Å². The van der Waals surface area contributed by atoms with Crippen LogP contribution in [0, 0.1) is 0 Å². The zero-order chi connectivity index (χ0) is 33.8. The fourth-order valence-electron chi connectivity index (χ4n) is 6.50. The van der Waals surface area contributed by atoms with E-state index in [0.717, 1.165) is 78.3 Å². The Morgan fingerprint density at radius 2 is 1.36 bits per heavy atom. The van der Waals surface area contributed by atoms with Crippen molar-refractivity contribution in [1.82, 2.24) is 15.0 Å². The molecule has 7 rings (SSSR count). The van der Waals surface area contributed by atoms with E-state index in [9.17, 15) is 9.90 Å². The Labute approximate surface area is 326 Å². The summed E-state index contributed by atoms with van der Waals surface area (Å²) in [6.07, 6.45) is 13.8. The predicted molar refractivity (Wildman–Crippen MR) is 193 cm³/mol. The molecule has 0 amide bonds. The number of carbonyl (C=O) groups is 1. The molecule has 258 valence electrons. The summed E-state index contributed by atoms with van der Waals surface area (Å²) >= 11 is 0. The average molecular weight is 893 g/mol. The number of aromatic hydroxyl groups is 1. The number of rotatable bonds is 5. The monoisotopic (exact) mass is 892 g/mol. The molecule has 50 heavy (non-hydrogen) atoms. The van der Waals surface area contributed by atoms with Crippen molar-refractivity contribution in [1.29, 1.82) is 0 Å². The topological polar surface area (TPSA) is 97.0 Å². The Morgan fingerprint density at radius 3 is 2.06 bits per heavy atom. The molecule has 3 aliphatic rings. The van der Waals surface area contributed by atoms with E-state index in [0.29, 0.717) is 27.8 Å². The normalized spacial score (nSPS) is 19.8. The molecule has 8 nitrogen and oxygen atoms in total. The van der Waals surface area contributed by atoms with Gasteiger partial charge in [-0.05, 0) is 96.1 Å². The SMILES string of the molecule is C[N+](C)(C)CC1=C/C(=C2C3=N/C(=C\c4ccc([nH]4)/C(c4ccc(O)c(C[N+](C)(C)C)c4)=c4/cc/c([nH]4)=C/c4ccc/2[nH]4)C=C3)C=CC1=O.[I-].[I-]. The molecule has 0 unspecified atom stereocenters. The second-order valence-corrected chi connectivity index (χ2v) is 14.8. The number of allylic oxidation sites excluding steroid dienone is 7. The zero-order valence-corrected chi connectivity index (χ0v) is 33.4. The number of nitrogens with one attached hydrogen (secondary N) is 3. The number of nitrogens with zero attached hydrogens (tertiary/aromatic N) is 3. The van der Waals surface area contributed by atoms with Gasteiger partial charge in [0.15, 0.2) is 5.78 Å². The summed E-state index contributed by atoms with van der Waals surface area (Å²) in [5, 5.41) is 12.6. The van der Waals surface area contributed by atoms with Crippen LogP contribution in [0.1, 0.15) is 33.9 Å². The van der Waals surface area contributed by atoms with Crippen molar-refractivity contribution in [2.45, 2.75) is 6.54 Å². The minimum atomic E-state index is 0. The van der Waals surface area contributed by atoms with Crippen molar-refractivity contribution in [3.63, 3.8) is 0 Å². The van der Waals surface area contributed by atoms with Crippen LogP contribution < -0.4 is 58.7 Å². The second kappa shape index (κ2) is 14.3. The summed E-state index contributed by atoms with van der Waals surface area (Å²) in [5.74, 6) is 0.343. The maximum atomic E-state index is 12.9. The van der Waals surface area contributed by atoms with E-state index in [1.165, 1.54) is 0 Å². The molecule has 4 N–H and O–H groups in total. The number of carbonyl (C=O) groups excluding carboxylic acids is 1. The van der Waals surface area contributed by atoms with Gasteiger partial charge in [-0.25, -0.2) is 4.99 Å². The number of halogens is 2. The Kier molecular flexibility index (Phi) is 10.7. The third kappa shape index (κ3) is 8.14. The quantitative estimate of drug-likeness (QED) is 0.146. The third-order valence-electron chi connectivity index (χ3n) is 8.47. The fourth-order valence-corrected chi connectivity index (χ4v) is 6.50. The van der Waals surface area contributed by atoms with E-state index in [4.69, 9.17) is 4.99 Å². The molecule has 8 bridgehead atoms. The smallest absolute Gasteiger partial charge is 0.187 e. The number of hydrogen-bond acceptors (Lipinski definition) is 3. The van der Waals surface area contributed by atoms with Crippen molar-refractivity contribution < 1.29 is 66.8 Å². The largest absolute Gasteiger partial charge is 1.00 e. The van der Waals surface area contributed by atoms with Crippen molar-refractivity contribution in [3.8, 4) is 5.75 Å². The van der Waals surface area contributed by atoms with Gasteiger partial charge < -0.3 is 77.0 Å². The number of aromatic nitrogens is 3. The van der Waals surface area contributed by atoms with Crippen LogP contribution in [-0.2, 0) is 11.3 Å². The molecule has 0 atom stereocenters. The lowest BCUT2D eigenvalue weighted by molar-refractivity contribution is -0.884. The standard InChI is InChI=1S/C40H40N6O2.2HI/c1-45(2,3)23-27-19-25(7-17-37(27)47)39-33-13-9-29(41-33)21-31-11-15-35(43-31)40(26-8-18-38(48)28(20-26)24-46(4,5)6)36-16-12-32(44-36)22-30-10-14-34(39)42-30;;/h7-22H,23-24H2,1-6H3,(H2-2,41,42,43,44,47,48);2*1H/b29-21-,30-22?,31-21?,32-22-,39-33-,39-34?,40-35?,40-36?;;. The summed E-state index contributed by atoms with van der Waals surface area (Å²) in [6.45, 7) is 1.32. The molecule has 0 fully saturated rings. The number of hydrogen-bond donors (Lipinski definition) is 4. The summed E-state index contributed by atoms with van der Waals surface area (Å²) in [7, 11) is 12.6. The summed E-state index contributed by atoms with van der Waals surface area (Å²) in [6, 6.07) is 18.3. The van der Waals surface area contributed by atoms with E-state index >= 15 is 0 Å². The van der Waals surface area contributed by atoms with Crippen molar-refractivity contribution in [2.75, 3.05) is 48.8 Å². The number of likely N-dealkylation sites (N-methyl/N-ethyl adjacent to an activating group) is 1.